The number of hydrogen-bond donors (Lipinski definition) is 1. The molecule has 2 N–H and O–H groups in total. The van der Waals surface area contributed by atoms with Gasteiger partial charge in [0.05, 0.1) is 11.1 Å². The smallest absolute Gasteiger partial charge is 0.339 e. The fourth-order valence-electron chi connectivity index (χ4n) is 2.10. The van der Waals surface area contributed by atoms with Crippen LogP contribution >= 0.6 is 0 Å². The van der Waals surface area contributed by atoms with Gasteiger partial charge >= 0.3 is 5.97 Å². The van der Waals surface area contributed by atoms with E-state index in [-0.39, 0.29) is 17.2 Å². The van der Waals surface area contributed by atoms with Crippen LogP contribution in [0.25, 0.3) is 0 Å². The highest BCUT2D eigenvalue weighted by atomic mass is 16.5. The summed E-state index contributed by atoms with van der Waals surface area (Å²) in [5, 5.41) is 0. The number of carbonyl (C=O) groups excluding carboxylic acids is 2. The van der Waals surface area contributed by atoms with E-state index in [9.17, 15) is 9.59 Å². The highest BCUT2D eigenvalue weighted by Gasteiger charge is 2.22. The number of nitrogens with two attached hydrogens (primary N) is 1. The van der Waals surface area contributed by atoms with Crippen LogP contribution in [0.2, 0.25) is 0 Å². The predicted octanol–water partition coefficient (Wildman–Crippen LogP) is 1.88. The van der Waals surface area contributed by atoms with Gasteiger partial charge in [-0.25, -0.2) is 4.79 Å². The van der Waals surface area contributed by atoms with Crippen LogP contribution in [0.5, 0.6) is 0 Å². The normalized spacial score (nSPS) is 15.8. The van der Waals surface area contributed by atoms with Crippen molar-refractivity contribution < 1.29 is 14.3 Å². The molecule has 90 valence electrons. The lowest BCUT2D eigenvalue weighted by Crippen LogP contribution is -2.20. The molecule has 1 aliphatic carbocycles. The molecule has 1 amide bonds. The molecule has 4 nitrogen and oxygen atoms in total. The van der Waals surface area contributed by atoms with Crippen LogP contribution in [0.1, 0.15) is 46.4 Å². The number of primary amides is 1. The summed E-state index contributed by atoms with van der Waals surface area (Å²) in [6.45, 7) is 0. The van der Waals surface area contributed by atoms with Crippen molar-refractivity contribution in [2.24, 2.45) is 5.73 Å². The van der Waals surface area contributed by atoms with Gasteiger partial charge in [-0.1, -0.05) is 12.1 Å². The highest BCUT2D eigenvalue weighted by molar-refractivity contribution is 6.04. The molecular formula is C13H15NO3. The summed E-state index contributed by atoms with van der Waals surface area (Å²) in [7, 11) is 0. The van der Waals surface area contributed by atoms with Crippen molar-refractivity contribution in [1.82, 2.24) is 0 Å². The minimum atomic E-state index is -0.607. The van der Waals surface area contributed by atoms with E-state index in [2.05, 4.69) is 0 Å². The van der Waals surface area contributed by atoms with Crippen molar-refractivity contribution in [2.75, 3.05) is 0 Å². The Kier molecular flexibility index (Phi) is 3.42. The number of ether oxygens (including phenoxy) is 1. The van der Waals surface area contributed by atoms with Gasteiger partial charge < -0.3 is 10.5 Å². The third-order valence-electron chi connectivity index (χ3n) is 2.99. The van der Waals surface area contributed by atoms with E-state index >= 15 is 0 Å². The first-order valence-corrected chi connectivity index (χ1v) is 5.78. The Morgan fingerprint density at radius 3 is 2.29 bits per heavy atom. The van der Waals surface area contributed by atoms with Gasteiger partial charge in [0.15, 0.2) is 0 Å². The fourth-order valence-corrected chi connectivity index (χ4v) is 2.10. The van der Waals surface area contributed by atoms with Gasteiger partial charge in [0.2, 0.25) is 5.91 Å². The van der Waals surface area contributed by atoms with Crippen molar-refractivity contribution in [3.05, 3.63) is 35.4 Å². The Bertz CT molecular complexity index is 436. The SMILES string of the molecule is NC(=O)c1ccccc1C(=O)OC1CCCC1. The van der Waals surface area contributed by atoms with Crippen molar-refractivity contribution in [2.45, 2.75) is 31.8 Å². The van der Waals surface area contributed by atoms with Gasteiger partial charge in [0.1, 0.15) is 6.10 Å². The minimum Gasteiger partial charge on any atom is -0.459 e. The third kappa shape index (κ3) is 2.64. The number of benzene rings is 1. The number of hydrogen-bond acceptors (Lipinski definition) is 3. The first kappa shape index (κ1) is 11.6. The summed E-state index contributed by atoms with van der Waals surface area (Å²) in [4.78, 5) is 23.1. The lowest BCUT2D eigenvalue weighted by molar-refractivity contribution is 0.0315. The molecule has 0 bridgehead atoms. The van der Waals surface area contributed by atoms with E-state index in [1.165, 1.54) is 6.07 Å². The standard InChI is InChI=1S/C13H15NO3/c14-12(15)10-7-3-4-8-11(10)13(16)17-9-5-1-2-6-9/h3-4,7-9H,1-2,5-6H2,(H2,14,15). The first-order chi connectivity index (χ1) is 8.18. The van der Waals surface area contributed by atoms with Crippen molar-refractivity contribution in [3.8, 4) is 0 Å². The number of amides is 1. The summed E-state index contributed by atoms with van der Waals surface area (Å²) < 4.78 is 5.34. The zero-order valence-electron chi connectivity index (χ0n) is 9.52. The Morgan fingerprint density at radius 1 is 1.12 bits per heavy atom. The summed E-state index contributed by atoms with van der Waals surface area (Å²) in [5.41, 5.74) is 5.69. The van der Waals surface area contributed by atoms with Crippen molar-refractivity contribution in [3.63, 3.8) is 0 Å². The average Bonchev–Trinajstić information content (AvgIpc) is 2.81. The lowest BCUT2D eigenvalue weighted by atomic mass is 10.1. The zero-order chi connectivity index (χ0) is 12.3. The second-order valence-electron chi connectivity index (χ2n) is 4.22. The van der Waals surface area contributed by atoms with Crippen LogP contribution < -0.4 is 5.73 Å². The molecule has 0 aliphatic heterocycles. The third-order valence-corrected chi connectivity index (χ3v) is 2.99. The van der Waals surface area contributed by atoms with Crippen LogP contribution in [0.4, 0.5) is 0 Å². The van der Waals surface area contributed by atoms with Gasteiger partial charge in [0, 0.05) is 0 Å². The summed E-state index contributed by atoms with van der Waals surface area (Å²) in [6, 6.07) is 6.47. The zero-order valence-corrected chi connectivity index (χ0v) is 9.52. The maximum absolute atomic E-state index is 11.9. The van der Waals surface area contributed by atoms with Gasteiger partial charge in [0.25, 0.3) is 0 Å². The molecular weight excluding hydrogens is 218 g/mol. The predicted molar refractivity (Wildman–Crippen MR) is 62.6 cm³/mol. The summed E-state index contributed by atoms with van der Waals surface area (Å²) >= 11 is 0. The monoisotopic (exact) mass is 233 g/mol. The number of rotatable bonds is 3. The van der Waals surface area contributed by atoms with E-state index in [4.69, 9.17) is 10.5 Å². The maximum atomic E-state index is 11.9. The largest absolute Gasteiger partial charge is 0.459 e. The van der Waals surface area contributed by atoms with E-state index < -0.39 is 11.9 Å². The molecule has 0 unspecified atom stereocenters. The fraction of sp³-hybridized carbons (Fsp3) is 0.385. The van der Waals surface area contributed by atoms with E-state index in [1.54, 1.807) is 18.2 Å². The van der Waals surface area contributed by atoms with E-state index in [0.717, 1.165) is 25.7 Å². The molecule has 1 aromatic carbocycles. The molecule has 0 saturated heterocycles. The minimum absolute atomic E-state index is 0.0107. The molecule has 0 radical (unpaired) electrons. The van der Waals surface area contributed by atoms with Gasteiger partial charge in [-0.2, -0.15) is 0 Å². The molecule has 1 fully saturated rings. The molecule has 0 spiro atoms. The second kappa shape index (κ2) is 4.99. The number of carbonyl (C=O) groups is 2. The van der Waals surface area contributed by atoms with Crippen molar-refractivity contribution >= 4 is 11.9 Å². The molecule has 0 aromatic heterocycles. The lowest BCUT2D eigenvalue weighted by Gasteiger charge is -2.12. The quantitative estimate of drug-likeness (QED) is 0.810. The summed E-state index contributed by atoms with van der Waals surface area (Å²) in [5.74, 6) is -1.06. The molecule has 1 saturated carbocycles. The van der Waals surface area contributed by atoms with Crippen LogP contribution in [-0.4, -0.2) is 18.0 Å². The van der Waals surface area contributed by atoms with Crippen LogP contribution in [0.3, 0.4) is 0 Å². The molecule has 17 heavy (non-hydrogen) atoms. The van der Waals surface area contributed by atoms with Gasteiger partial charge in [-0.05, 0) is 37.8 Å². The van der Waals surface area contributed by atoms with E-state index in [0.29, 0.717) is 0 Å². The van der Waals surface area contributed by atoms with Crippen LogP contribution in [-0.2, 0) is 4.74 Å². The maximum Gasteiger partial charge on any atom is 0.339 e. The highest BCUT2D eigenvalue weighted by Crippen LogP contribution is 2.22. The topological polar surface area (TPSA) is 69.4 Å². The second-order valence-corrected chi connectivity index (χ2v) is 4.22. The molecule has 0 heterocycles. The summed E-state index contributed by atoms with van der Waals surface area (Å²) in [6.07, 6.45) is 3.99. The van der Waals surface area contributed by atoms with Crippen LogP contribution in [0, 0.1) is 0 Å². The molecule has 1 aromatic rings. The molecule has 1 aliphatic rings. The van der Waals surface area contributed by atoms with E-state index in [1.807, 2.05) is 0 Å². The van der Waals surface area contributed by atoms with Crippen molar-refractivity contribution in [1.29, 1.82) is 0 Å². The van der Waals surface area contributed by atoms with Gasteiger partial charge in [-0.3, -0.25) is 4.79 Å². The van der Waals surface area contributed by atoms with Gasteiger partial charge in [-0.15, -0.1) is 0 Å². The number of esters is 1. The Hall–Kier alpha value is -1.84. The Balaban J connectivity index is 2.15. The Labute approximate surface area is 99.8 Å². The molecule has 2 rings (SSSR count). The van der Waals surface area contributed by atoms with Crippen LogP contribution in [0.15, 0.2) is 24.3 Å². The first-order valence-electron chi connectivity index (χ1n) is 5.78. The Morgan fingerprint density at radius 2 is 1.71 bits per heavy atom. The molecule has 4 heteroatoms. The average molecular weight is 233 g/mol. The molecule has 0 atom stereocenters.